The molecule has 0 unspecified atom stereocenters. The Morgan fingerprint density at radius 1 is 1.05 bits per heavy atom. The molecule has 114 valence electrons. The van der Waals surface area contributed by atoms with Crippen LogP contribution >= 0.6 is 15.9 Å². The van der Waals surface area contributed by atoms with Gasteiger partial charge in [-0.05, 0) is 38.0 Å². The van der Waals surface area contributed by atoms with Crippen molar-refractivity contribution in [3.63, 3.8) is 0 Å². The van der Waals surface area contributed by atoms with Gasteiger partial charge in [-0.1, -0.05) is 49.0 Å². The summed E-state index contributed by atoms with van der Waals surface area (Å²) in [7, 11) is 0. The van der Waals surface area contributed by atoms with E-state index in [4.69, 9.17) is 9.47 Å². The maximum Gasteiger partial charge on any atom is 0.0780 e. The lowest BCUT2D eigenvalue weighted by molar-refractivity contribution is -0.0792. The van der Waals surface area contributed by atoms with Crippen LogP contribution in [0.1, 0.15) is 65.2 Å². The average Bonchev–Trinajstić information content (AvgIpc) is 2.45. The number of alkyl halides is 1. The van der Waals surface area contributed by atoms with Gasteiger partial charge >= 0.3 is 0 Å². The lowest BCUT2D eigenvalue weighted by atomic mass is 9.78. The van der Waals surface area contributed by atoms with E-state index in [1.54, 1.807) is 0 Å². The molecular formula is C16H31BrO2. The molecule has 0 N–H and O–H groups in total. The molecule has 1 aliphatic rings. The van der Waals surface area contributed by atoms with E-state index in [1.807, 2.05) is 0 Å². The van der Waals surface area contributed by atoms with Crippen molar-refractivity contribution in [1.82, 2.24) is 0 Å². The van der Waals surface area contributed by atoms with Gasteiger partial charge in [-0.25, -0.2) is 0 Å². The van der Waals surface area contributed by atoms with Crippen LogP contribution in [0.2, 0.25) is 0 Å². The largest absolute Gasteiger partial charge is 0.379 e. The molecular weight excluding hydrogens is 304 g/mol. The van der Waals surface area contributed by atoms with Gasteiger partial charge in [0.1, 0.15) is 0 Å². The highest BCUT2D eigenvalue weighted by molar-refractivity contribution is 9.09. The number of hydrogen-bond acceptors (Lipinski definition) is 2. The van der Waals surface area contributed by atoms with Crippen molar-refractivity contribution >= 4 is 15.9 Å². The second kappa shape index (κ2) is 10.2. The van der Waals surface area contributed by atoms with Crippen LogP contribution in [0.3, 0.4) is 0 Å². The summed E-state index contributed by atoms with van der Waals surface area (Å²) in [4.78, 5) is 0. The summed E-state index contributed by atoms with van der Waals surface area (Å²) in [6, 6.07) is 0. The Hall–Kier alpha value is 0.400. The highest BCUT2D eigenvalue weighted by Gasteiger charge is 2.34. The minimum absolute atomic E-state index is 0.0817. The van der Waals surface area contributed by atoms with Crippen molar-refractivity contribution in [2.75, 3.05) is 25.2 Å². The van der Waals surface area contributed by atoms with E-state index < -0.39 is 0 Å². The van der Waals surface area contributed by atoms with Gasteiger partial charge in [-0.2, -0.15) is 0 Å². The number of ether oxygens (including phenoxy) is 2. The molecule has 0 bridgehead atoms. The third-order valence-corrected chi connectivity index (χ3v) is 5.26. The normalized spacial score (nSPS) is 27.6. The minimum atomic E-state index is 0.0817. The molecule has 0 aromatic heterocycles. The lowest BCUT2D eigenvalue weighted by Crippen LogP contribution is -2.39. The standard InChI is InChI=1S/C16H31BrO2/c1-3-5-11-18-12-13-19-16(14-17)9-7-15(6-4-2)8-10-16/h15H,3-14H2,1-2H3. The number of halogens is 1. The van der Waals surface area contributed by atoms with E-state index in [0.29, 0.717) is 0 Å². The molecule has 0 spiro atoms. The van der Waals surface area contributed by atoms with E-state index in [0.717, 1.165) is 37.5 Å². The van der Waals surface area contributed by atoms with Crippen LogP contribution in [0.25, 0.3) is 0 Å². The summed E-state index contributed by atoms with van der Waals surface area (Å²) in [5, 5.41) is 0.966. The lowest BCUT2D eigenvalue weighted by Gasteiger charge is -2.39. The van der Waals surface area contributed by atoms with E-state index >= 15 is 0 Å². The van der Waals surface area contributed by atoms with Crippen molar-refractivity contribution in [2.45, 2.75) is 70.8 Å². The summed E-state index contributed by atoms with van der Waals surface area (Å²) in [5.74, 6) is 0.932. The summed E-state index contributed by atoms with van der Waals surface area (Å²) in [5.41, 5.74) is 0.0817. The minimum Gasteiger partial charge on any atom is -0.379 e. The summed E-state index contributed by atoms with van der Waals surface area (Å²) >= 11 is 3.66. The third kappa shape index (κ3) is 6.59. The zero-order valence-corrected chi connectivity index (χ0v) is 14.3. The average molecular weight is 335 g/mol. The summed E-state index contributed by atoms with van der Waals surface area (Å²) in [6.45, 7) is 6.84. The molecule has 0 atom stereocenters. The van der Waals surface area contributed by atoms with E-state index in [-0.39, 0.29) is 5.60 Å². The first kappa shape index (κ1) is 17.5. The first-order valence-electron chi connectivity index (χ1n) is 8.04. The van der Waals surface area contributed by atoms with Gasteiger partial charge < -0.3 is 9.47 Å². The topological polar surface area (TPSA) is 18.5 Å². The quantitative estimate of drug-likeness (QED) is 0.416. The molecule has 0 aromatic carbocycles. The molecule has 1 rings (SSSR count). The molecule has 0 saturated heterocycles. The van der Waals surface area contributed by atoms with Crippen LogP contribution in [-0.4, -0.2) is 30.8 Å². The fraction of sp³-hybridized carbons (Fsp3) is 1.00. The van der Waals surface area contributed by atoms with E-state index in [1.165, 1.54) is 44.9 Å². The second-order valence-electron chi connectivity index (χ2n) is 5.86. The smallest absolute Gasteiger partial charge is 0.0780 e. The van der Waals surface area contributed by atoms with Gasteiger partial charge in [-0.15, -0.1) is 0 Å². The first-order chi connectivity index (χ1) is 9.26. The van der Waals surface area contributed by atoms with Gasteiger partial charge in [0, 0.05) is 11.9 Å². The molecule has 2 nitrogen and oxygen atoms in total. The van der Waals surface area contributed by atoms with Crippen LogP contribution in [0, 0.1) is 5.92 Å². The second-order valence-corrected chi connectivity index (χ2v) is 6.42. The fourth-order valence-electron chi connectivity index (χ4n) is 2.88. The number of unbranched alkanes of at least 4 members (excludes halogenated alkanes) is 1. The Morgan fingerprint density at radius 2 is 1.79 bits per heavy atom. The maximum atomic E-state index is 6.15. The molecule has 1 aliphatic carbocycles. The zero-order chi connectivity index (χ0) is 14.0. The van der Waals surface area contributed by atoms with Crippen LogP contribution in [0.5, 0.6) is 0 Å². The monoisotopic (exact) mass is 334 g/mol. The van der Waals surface area contributed by atoms with Gasteiger partial charge in [0.05, 0.1) is 18.8 Å². The fourth-order valence-corrected chi connectivity index (χ4v) is 3.61. The Kier molecular flexibility index (Phi) is 9.34. The molecule has 0 radical (unpaired) electrons. The Morgan fingerprint density at radius 3 is 2.37 bits per heavy atom. The van der Waals surface area contributed by atoms with E-state index in [9.17, 15) is 0 Å². The molecule has 1 fully saturated rings. The number of hydrogen-bond donors (Lipinski definition) is 0. The molecule has 3 heteroatoms. The SMILES string of the molecule is CCCCOCCOC1(CBr)CCC(CCC)CC1. The predicted octanol–water partition coefficient (Wildman–Crippen LogP) is 4.94. The van der Waals surface area contributed by atoms with Gasteiger partial charge in [0.15, 0.2) is 0 Å². The number of rotatable bonds is 10. The highest BCUT2D eigenvalue weighted by Crippen LogP contribution is 2.37. The van der Waals surface area contributed by atoms with E-state index in [2.05, 4.69) is 29.8 Å². The molecule has 19 heavy (non-hydrogen) atoms. The highest BCUT2D eigenvalue weighted by atomic mass is 79.9. The van der Waals surface area contributed by atoms with Crippen molar-refractivity contribution in [1.29, 1.82) is 0 Å². The molecule has 1 saturated carbocycles. The van der Waals surface area contributed by atoms with Crippen molar-refractivity contribution in [2.24, 2.45) is 5.92 Å². The summed E-state index contributed by atoms with van der Waals surface area (Å²) < 4.78 is 11.7. The Bertz CT molecular complexity index is 213. The van der Waals surface area contributed by atoms with Gasteiger partial charge in [-0.3, -0.25) is 0 Å². The van der Waals surface area contributed by atoms with Crippen LogP contribution in [-0.2, 0) is 9.47 Å². The summed E-state index contributed by atoms with van der Waals surface area (Å²) in [6.07, 6.45) is 10.1. The molecule has 0 aliphatic heterocycles. The molecule has 0 amide bonds. The van der Waals surface area contributed by atoms with Crippen molar-refractivity contribution in [3.8, 4) is 0 Å². The zero-order valence-electron chi connectivity index (χ0n) is 12.8. The van der Waals surface area contributed by atoms with Gasteiger partial charge in [0.2, 0.25) is 0 Å². The molecule has 0 heterocycles. The Labute approximate surface area is 127 Å². The van der Waals surface area contributed by atoms with Crippen LogP contribution < -0.4 is 0 Å². The van der Waals surface area contributed by atoms with Gasteiger partial charge in [0.25, 0.3) is 0 Å². The first-order valence-corrected chi connectivity index (χ1v) is 9.16. The third-order valence-electron chi connectivity index (χ3n) is 4.24. The maximum absolute atomic E-state index is 6.15. The van der Waals surface area contributed by atoms with Crippen molar-refractivity contribution < 1.29 is 9.47 Å². The van der Waals surface area contributed by atoms with Crippen molar-refractivity contribution in [3.05, 3.63) is 0 Å². The van der Waals surface area contributed by atoms with Crippen LogP contribution in [0.15, 0.2) is 0 Å². The Balaban J connectivity index is 2.18. The van der Waals surface area contributed by atoms with Crippen LogP contribution in [0.4, 0.5) is 0 Å². The molecule has 0 aromatic rings. The predicted molar refractivity (Wildman–Crippen MR) is 85.1 cm³/mol.